The molecule has 0 aliphatic carbocycles. The van der Waals surface area contributed by atoms with Crippen LogP contribution in [0.2, 0.25) is 0 Å². The van der Waals surface area contributed by atoms with E-state index in [0.29, 0.717) is 12.8 Å². The summed E-state index contributed by atoms with van der Waals surface area (Å²) in [6.07, 6.45) is 2.77. The number of ether oxygens (including phenoxy) is 3. The second-order valence-electron chi connectivity index (χ2n) is 4.48. The van der Waals surface area contributed by atoms with Gasteiger partial charge in [0.05, 0.1) is 12.2 Å². The van der Waals surface area contributed by atoms with Gasteiger partial charge in [-0.15, -0.1) is 0 Å². The zero-order chi connectivity index (χ0) is 12.7. The first-order valence-electron chi connectivity index (χ1n) is 6.21. The van der Waals surface area contributed by atoms with Crippen molar-refractivity contribution in [2.45, 2.75) is 56.7 Å². The average molecular weight is 248 g/mol. The molecule has 0 bridgehead atoms. The maximum Gasteiger partial charge on any atom is 0.183 e. The van der Waals surface area contributed by atoms with Crippen molar-refractivity contribution >= 4 is 0 Å². The van der Waals surface area contributed by atoms with Crippen LogP contribution in [-0.4, -0.2) is 55.6 Å². The summed E-state index contributed by atoms with van der Waals surface area (Å²) in [6.45, 7) is 0.206. The third-order valence-corrected chi connectivity index (χ3v) is 3.11. The van der Waals surface area contributed by atoms with E-state index in [4.69, 9.17) is 19.3 Å². The van der Waals surface area contributed by atoms with Gasteiger partial charge in [-0.2, -0.15) is 0 Å². The lowest BCUT2D eigenvalue weighted by molar-refractivity contribution is -0.221. The molecule has 1 aliphatic rings. The zero-order valence-electron chi connectivity index (χ0n) is 10.7. The first-order chi connectivity index (χ1) is 8.21. The first kappa shape index (κ1) is 14.9. The summed E-state index contributed by atoms with van der Waals surface area (Å²) in [6, 6.07) is 0. The number of rotatable bonds is 7. The van der Waals surface area contributed by atoms with Crippen molar-refractivity contribution in [3.05, 3.63) is 0 Å². The molecular formula is C12H24O5. The second-order valence-corrected chi connectivity index (χ2v) is 4.48. The Morgan fingerprint density at radius 3 is 2.53 bits per heavy atom. The van der Waals surface area contributed by atoms with Crippen LogP contribution in [0.3, 0.4) is 0 Å². The van der Waals surface area contributed by atoms with Crippen LogP contribution in [0.15, 0.2) is 0 Å². The summed E-state index contributed by atoms with van der Waals surface area (Å²) in [5.41, 5.74) is 0. The van der Waals surface area contributed by atoms with Crippen molar-refractivity contribution in [3.8, 4) is 0 Å². The average Bonchev–Trinajstić information content (AvgIpc) is 2.30. The van der Waals surface area contributed by atoms with Crippen molar-refractivity contribution in [2.75, 3.05) is 20.8 Å². The van der Waals surface area contributed by atoms with Gasteiger partial charge in [-0.25, -0.2) is 0 Å². The van der Waals surface area contributed by atoms with E-state index in [-0.39, 0.29) is 24.9 Å². The minimum atomic E-state index is -0.426. The number of hydrogen-bond acceptors (Lipinski definition) is 5. The predicted molar refractivity (Wildman–Crippen MR) is 62.6 cm³/mol. The van der Waals surface area contributed by atoms with Crippen molar-refractivity contribution in [3.63, 3.8) is 0 Å². The summed E-state index contributed by atoms with van der Waals surface area (Å²) in [4.78, 5) is 0. The fourth-order valence-corrected chi connectivity index (χ4v) is 2.27. The van der Waals surface area contributed by atoms with Crippen molar-refractivity contribution < 1.29 is 24.4 Å². The molecule has 0 radical (unpaired) electrons. The Bertz CT molecular complexity index is 195. The van der Waals surface area contributed by atoms with Crippen LogP contribution >= 0.6 is 0 Å². The molecule has 0 aromatic rings. The maximum atomic E-state index is 9.81. The Hall–Kier alpha value is -0.200. The van der Waals surface area contributed by atoms with Crippen LogP contribution in [0.5, 0.6) is 0 Å². The predicted octanol–water partition coefficient (Wildman–Crippen LogP) is 0.676. The molecule has 5 heteroatoms. The monoisotopic (exact) mass is 248 g/mol. The van der Waals surface area contributed by atoms with Gasteiger partial charge < -0.3 is 24.4 Å². The molecule has 1 aliphatic heterocycles. The maximum absolute atomic E-state index is 9.81. The van der Waals surface area contributed by atoms with Gasteiger partial charge in [-0.05, 0) is 25.7 Å². The minimum absolute atomic E-state index is 0.0306. The zero-order valence-corrected chi connectivity index (χ0v) is 10.7. The smallest absolute Gasteiger partial charge is 0.183 e. The highest BCUT2D eigenvalue weighted by atomic mass is 16.7. The quantitative estimate of drug-likeness (QED) is 0.512. The van der Waals surface area contributed by atoms with Gasteiger partial charge in [-0.1, -0.05) is 0 Å². The van der Waals surface area contributed by atoms with E-state index in [2.05, 4.69) is 0 Å². The van der Waals surface area contributed by atoms with Gasteiger partial charge >= 0.3 is 0 Å². The second kappa shape index (κ2) is 8.00. The van der Waals surface area contributed by atoms with Crippen LogP contribution in [0.1, 0.15) is 32.1 Å². The Morgan fingerprint density at radius 2 is 1.94 bits per heavy atom. The molecule has 1 fully saturated rings. The van der Waals surface area contributed by atoms with Gasteiger partial charge in [0, 0.05) is 27.2 Å². The first-order valence-corrected chi connectivity index (χ1v) is 6.21. The summed E-state index contributed by atoms with van der Waals surface area (Å²) < 4.78 is 16.2. The Labute approximate surface area is 103 Å². The van der Waals surface area contributed by atoms with E-state index in [1.54, 1.807) is 14.2 Å². The molecule has 2 N–H and O–H groups in total. The lowest BCUT2D eigenvalue weighted by Crippen LogP contribution is -2.43. The molecule has 1 heterocycles. The number of aliphatic hydroxyl groups is 2. The van der Waals surface area contributed by atoms with Gasteiger partial charge in [-0.3, -0.25) is 0 Å². The summed E-state index contributed by atoms with van der Waals surface area (Å²) >= 11 is 0. The van der Waals surface area contributed by atoms with E-state index in [0.717, 1.165) is 19.3 Å². The Balaban J connectivity index is 2.41. The van der Waals surface area contributed by atoms with Crippen LogP contribution in [0.4, 0.5) is 0 Å². The standard InChI is InChI=1S/C12H24O5/c1-15-12(16-2)11-8-9(14)7-10(17-11)5-3-4-6-13/h9-14H,3-8H2,1-2H3/t9-,10?,11-/m0/s1. The largest absolute Gasteiger partial charge is 0.396 e. The van der Waals surface area contributed by atoms with Crippen molar-refractivity contribution in [1.82, 2.24) is 0 Å². The van der Waals surface area contributed by atoms with Crippen LogP contribution in [-0.2, 0) is 14.2 Å². The van der Waals surface area contributed by atoms with Crippen molar-refractivity contribution in [1.29, 1.82) is 0 Å². The number of aliphatic hydroxyl groups excluding tert-OH is 2. The lowest BCUT2D eigenvalue weighted by atomic mass is 9.97. The van der Waals surface area contributed by atoms with Crippen LogP contribution in [0.25, 0.3) is 0 Å². The highest BCUT2D eigenvalue weighted by Gasteiger charge is 2.33. The van der Waals surface area contributed by atoms with E-state index >= 15 is 0 Å². The van der Waals surface area contributed by atoms with E-state index < -0.39 is 6.29 Å². The molecule has 0 spiro atoms. The van der Waals surface area contributed by atoms with Crippen molar-refractivity contribution in [2.24, 2.45) is 0 Å². The molecule has 1 saturated heterocycles. The molecule has 0 aromatic heterocycles. The topological polar surface area (TPSA) is 68.2 Å². The van der Waals surface area contributed by atoms with E-state index in [1.807, 2.05) is 0 Å². The van der Waals surface area contributed by atoms with Gasteiger partial charge in [0.25, 0.3) is 0 Å². The molecule has 102 valence electrons. The summed E-state index contributed by atoms with van der Waals surface area (Å²) in [7, 11) is 3.14. The lowest BCUT2D eigenvalue weighted by Gasteiger charge is -2.36. The molecular weight excluding hydrogens is 224 g/mol. The summed E-state index contributed by atoms with van der Waals surface area (Å²) in [5, 5.41) is 18.5. The summed E-state index contributed by atoms with van der Waals surface area (Å²) in [5.74, 6) is 0. The van der Waals surface area contributed by atoms with Gasteiger partial charge in [0.2, 0.25) is 0 Å². The molecule has 17 heavy (non-hydrogen) atoms. The normalized spacial score (nSPS) is 29.8. The SMILES string of the molecule is COC(OC)[C@@H]1C[C@@H](O)CC(CCCCO)O1. The molecule has 3 atom stereocenters. The molecule has 0 amide bonds. The molecule has 0 aromatic carbocycles. The molecule has 0 saturated carbocycles. The highest BCUT2D eigenvalue weighted by Crippen LogP contribution is 2.26. The fourth-order valence-electron chi connectivity index (χ4n) is 2.27. The molecule has 5 nitrogen and oxygen atoms in total. The van der Waals surface area contributed by atoms with Gasteiger partial charge in [0.15, 0.2) is 6.29 Å². The molecule has 1 unspecified atom stereocenters. The number of hydrogen-bond donors (Lipinski definition) is 2. The number of methoxy groups -OCH3 is 2. The van der Waals surface area contributed by atoms with E-state index in [9.17, 15) is 5.11 Å². The highest BCUT2D eigenvalue weighted by molar-refractivity contribution is 4.79. The van der Waals surface area contributed by atoms with Crippen LogP contribution < -0.4 is 0 Å². The van der Waals surface area contributed by atoms with Gasteiger partial charge in [0.1, 0.15) is 6.10 Å². The Morgan fingerprint density at radius 1 is 1.24 bits per heavy atom. The number of unbranched alkanes of at least 4 members (excludes halogenated alkanes) is 1. The third kappa shape index (κ3) is 4.89. The van der Waals surface area contributed by atoms with E-state index in [1.165, 1.54) is 0 Å². The minimum Gasteiger partial charge on any atom is -0.396 e. The Kier molecular flexibility index (Phi) is 6.99. The fraction of sp³-hybridized carbons (Fsp3) is 1.00. The third-order valence-electron chi connectivity index (χ3n) is 3.11. The van der Waals surface area contributed by atoms with Crippen LogP contribution in [0, 0.1) is 0 Å². The molecule has 1 rings (SSSR count).